The third-order valence-electron chi connectivity index (χ3n) is 4.86. The van der Waals surface area contributed by atoms with Crippen LogP contribution in [0.5, 0.6) is 0 Å². The monoisotopic (exact) mass is 413 g/mol. The van der Waals surface area contributed by atoms with Crippen molar-refractivity contribution in [3.63, 3.8) is 0 Å². The molecule has 0 spiro atoms. The van der Waals surface area contributed by atoms with Crippen LogP contribution in [0.15, 0.2) is 35.3 Å². The van der Waals surface area contributed by atoms with E-state index in [0.717, 1.165) is 12.5 Å². The third kappa shape index (κ3) is 4.86. The number of hydrogen-bond donors (Lipinski definition) is 2. The van der Waals surface area contributed by atoms with E-state index in [1.54, 1.807) is 0 Å². The Kier molecular flexibility index (Phi) is 6.53. The van der Waals surface area contributed by atoms with E-state index >= 15 is 0 Å². The third-order valence-corrected chi connectivity index (χ3v) is 4.86. The van der Waals surface area contributed by atoms with Crippen LogP contribution < -0.4 is 10.6 Å². The average Bonchev–Trinajstić information content (AvgIpc) is 3.22. The number of halogens is 1. The summed E-state index contributed by atoms with van der Waals surface area (Å²) in [6, 6.07) is 11.6. The van der Waals surface area contributed by atoms with E-state index in [1.807, 2.05) is 7.05 Å². The van der Waals surface area contributed by atoms with Gasteiger partial charge in [0.25, 0.3) is 0 Å². The summed E-state index contributed by atoms with van der Waals surface area (Å²) in [6.07, 6.45) is 9.14. The molecule has 3 nitrogen and oxygen atoms in total. The van der Waals surface area contributed by atoms with Crippen molar-refractivity contribution < 1.29 is 0 Å². The number of hydrogen-bond acceptors (Lipinski definition) is 1. The molecule has 2 saturated carbocycles. The molecule has 2 fully saturated rings. The fraction of sp³-hybridized carbons (Fsp3) is 0.611. The molecule has 2 aliphatic carbocycles. The minimum Gasteiger partial charge on any atom is -0.356 e. The van der Waals surface area contributed by atoms with Crippen LogP contribution in [0, 0.1) is 5.41 Å². The van der Waals surface area contributed by atoms with E-state index in [2.05, 4.69) is 46.0 Å². The topological polar surface area (TPSA) is 36.4 Å². The van der Waals surface area contributed by atoms with Gasteiger partial charge in [0.05, 0.1) is 0 Å². The second kappa shape index (κ2) is 8.18. The molecule has 0 unspecified atom stereocenters. The van der Waals surface area contributed by atoms with Crippen LogP contribution in [0.3, 0.4) is 0 Å². The molecule has 0 radical (unpaired) electrons. The van der Waals surface area contributed by atoms with E-state index in [9.17, 15) is 0 Å². The van der Waals surface area contributed by atoms with E-state index in [0.29, 0.717) is 11.5 Å². The molecule has 1 aromatic carbocycles. The summed E-state index contributed by atoms with van der Waals surface area (Å²) in [7, 11) is 1.87. The van der Waals surface area contributed by atoms with E-state index in [4.69, 9.17) is 0 Å². The molecule has 22 heavy (non-hydrogen) atoms. The summed E-state index contributed by atoms with van der Waals surface area (Å²) < 4.78 is 0. The van der Waals surface area contributed by atoms with Gasteiger partial charge in [-0.05, 0) is 43.1 Å². The van der Waals surface area contributed by atoms with Crippen molar-refractivity contribution in [2.45, 2.75) is 51.0 Å². The minimum absolute atomic E-state index is 0. The van der Waals surface area contributed by atoms with Crippen molar-refractivity contribution >= 4 is 29.9 Å². The van der Waals surface area contributed by atoms with Gasteiger partial charge in [-0.1, -0.05) is 43.2 Å². The highest BCUT2D eigenvalue weighted by atomic mass is 127. The maximum Gasteiger partial charge on any atom is 0.191 e. The Morgan fingerprint density at radius 2 is 1.86 bits per heavy atom. The smallest absolute Gasteiger partial charge is 0.191 e. The molecule has 0 aliphatic heterocycles. The van der Waals surface area contributed by atoms with Crippen molar-refractivity contribution in [1.82, 2.24) is 10.6 Å². The van der Waals surface area contributed by atoms with Gasteiger partial charge in [0.2, 0.25) is 0 Å². The largest absolute Gasteiger partial charge is 0.356 e. The number of nitrogens with zero attached hydrogens (tertiary/aromatic N) is 1. The molecule has 0 atom stereocenters. The van der Waals surface area contributed by atoms with Gasteiger partial charge in [-0.2, -0.15) is 0 Å². The zero-order valence-corrected chi connectivity index (χ0v) is 15.8. The van der Waals surface area contributed by atoms with E-state index in [-0.39, 0.29) is 24.0 Å². The fourth-order valence-electron chi connectivity index (χ4n) is 3.46. The normalized spacial score (nSPS) is 20.3. The Bertz CT molecular complexity index is 476. The van der Waals surface area contributed by atoms with Crippen LogP contribution in [-0.2, 0) is 6.42 Å². The lowest BCUT2D eigenvalue weighted by molar-refractivity contribution is 0.293. The first-order valence-electron chi connectivity index (χ1n) is 8.31. The lowest BCUT2D eigenvalue weighted by atomic mass is 9.80. The highest BCUT2D eigenvalue weighted by molar-refractivity contribution is 14.0. The van der Waals surface area contributed by atoms with Crippen LogP contribution in [-0.4, -0.2) is 25.6 Å². The first kappa shape index (κ1) is 17.6. The van der Waals surface area contributed by atoms with Gasteiger partial charge in [0.1, 0.15) is 0 Å². The van der Waals surface area contributed by atoms with Crippen molar-refractivity contribution in [3.05, 3.63) is 35.9 Å². The molecule has 122 valence electrons. The van der Waals surface area contributed by atoms with Gasteiger partial charge >= 0.3 is 0 Å². The van der Waals surface area contributed by atoms with Gasteiger partial charge in [-0.15, -0.1) is 24.0 Å². The molecule has 2 aliphatic rings. The second-order valence-electron chi connectivity index (χ2n) is 6.71. The predicted molar refractivity (Wildman–Crippen MR) is 104 cm³/mol. The van der Waals surface area contributed by atoms with Crippen LogP contribution >= 0.6 is 24.0 Å². The molecule has 0 bridgehead atoms. The van der Waals surface area contributed by atoms with Gasteiger partial charge in [-0.3, -0.25) is 4.99 Å². The molecule has 0 heterocycles. The molecular weight excluding hydrogens is 385 g/mol. The van der Waals surface area contributed by atoms with Gasteiger partial charge in [-0.25, -0.2) is 0 Å². The average molecular weight is 413 g/mol. The maximum absolute atomic E-state index is 4.36. The molecule has 1 aromatic rings. The molecule has 0 saturated heterocycles. The molecular formula is C18H28IN3. The number of nitrogens with one attached hydrogen (secondary N) is 2. The summed E-state index contributed by atoms with van der Waals surface area (Å²) in [6.45, 7) is 1.04. The SMILES string of the molecule is CN=C(NCC1(Cc2ccccc2)CCCC1)NC1CC1.I. The number of benzene rings is 1. The summed E-state index contributed by atoms with van der Waals surface area (Å²) in [5, 5.41) is 7.07. The zero-order chi connectivity index (χ0) is 14.5. The van der Waals surface area contributed by atoms with E-state index in [1.165, 1.54) is 50.5 Å². The summed E-state index contributed by atoms with van der Waals surface area (Å²) >= 11 is 0. The molecule has 2 N–H and O–H groups in total. The standard InChI is InChI=1S/C18H27N3.HI/c1-19-17(21-16-9-10-16)20-14-18(11-5-6-12-18)13-15-7-3-2-4-8-15;/h2-4,7-8,16H,5-6,9-14H2,1H3,(H2,19,20,21);1H. The Labute approximate surface area is 151 Å². The Hall–Kier alpha value is -0.780. The summed E-state index contributed by atoms with van der Waals surface area (Å²) in [5.74, 6) is 0.983. The van der Waals surface area contributed by atoms with Crippen LogP contribution in [0.1, 0.15) is 44.1 Å². The summed E-state index contributed by atoms with van der Waals surface area (Å²) in [5.41, 5.74) is 1.87. The number of rotatable bonds is 5. The fourth-order valence-corrected chi connectivity index (χ4v) is 3.46. The van der Waals surface area contributed by atoms with Gasteiger partial charge in [0, 0.05) is 19.6 Å². The molecule has 4 heteroatoms. The first-order chi connectivity index (χ1) is 10.3. The molecule has 0 amide bonds. The minimum atomic E-state index is 0. The lowest BCUT2D eigenvalue weighted by Crippen LogP contribution is -2.44. The Balaban J connectivity index is 0.00000176. The molecule has 3 rings (SSSR count). The zero-order valence-electron chi connectivity index (χ0n) is 13.5. The first-order valence-corrected chi connectivity index (χ1v) is 8.31. The van der Waals surface area contributed by atoms with Gasteiger partial charge < -0.3 is 10.6 Å². The van der Waals surface area contributed by atoms with Crippen molar-refractivity contribution in [3.8, 4) is 0 Å². The summed E-state index contributed by atoms with van der Waals surface area (Å²) in [4.78, 5) is 4.36. The van der Waals surface area contributed by atoms with Crippen molar-refractivity contribution in [2.24, 2.45) is 10.4 Å². The van der Waals surface area contributed by atoms with E-state index < -0.39 is 0 Å². The second-order valence-corrected chi connectivity index (χ2v) is 6.71. The van der Waals surface area contributed by atoms with Crippen molar-refractivity contribution in [2.75, 3.05) is 13.6 Å². The molecule has 0 aromatic heterocycles. The van der Waals surface area contributed by atoms with Crippen LogP contribution in [0.4, 0.5) is 0 Å². The van der Waals surface area contributed by atoms with Gasteiger partial charge in [0.15, 0.2) is 5.96 Å². The highest BCUT2D eigenvalue weighted by Gasteiger charge is 2.34. The lowest BCUT2D eigenvalue weighted by Gasteiger charge is -2.30. The Morgan fingerprint density at radius 1 is 1.18 bits per heavy atom. The quantitative estimate of drug-likeness (QED) is 0.439. The van der Waals surface area contributed by atoms with Crippen molar-refractivity contribution in [1.29, 1.82) is 0 Å². The maximum atomic E-state index is 4.36. The van der Waals surface area contributed by atoms with Crippen LogP contribution in [0.2, 0.25) is 0 Å². The predicted octanol–water partition coefficient (Wildman–Crippen LogP) is 3.73. The number of guanidine groups is 1. The number of aliphatic imine (C=N–C) groups is 1. The Morgan fingerprint density at radius 3 is 2.45 bits per heavy atom. The highest BCUT2D eigenvalue weighted by Crippen LogP contribution is 2.40. The van der Waals surface area contributed by atoms with Crippen LogP contribution in [0.25, 0.3) is 0 Å².